The number of alkyl halides is 1. The van der Waals surface area contributed by atoms with Crippen molar-refractivity contribution in [3.05, 3.63) is 0 Å². The van der Waals surface area contributed by atoms with Crippen LogP contribution in [0.1, 0.15) is 19.8 Å². The van der Waals surface area contributed by atoms with Crippen LogP contribution in [0.2, 0.25) is 0 Å². The molecular weight excluding hydrogens is 168 g/mol. The third kappa shape index (κ3) is 1.46. The number of hydrogen-bond acceptors (Lipinski definition) is 1. The monoisotopic (exact) mass is 178 g/mol. The molecule has 0 saturated carbocycles. The molecule has 0 aromatic heterocycles. The lowest BCUT2D eigenvalue weighted by Gasteiger charge is -2.04. The van der Waals surface area contributed by atoms with Crippen LogP contribution in [0.15, 0.2) is 0 Å². The number of rotatable bonds is 1. The Morgan fingerprint density at radius 2 is 2.38 bits per heavy atom. The van der Waals surface area contributed by atoms with Crippen molar-refractivity contribution in [1.82, 2.24) is 0 Å². The van der Waals surface area contributed by atoms with Crippen molar-refractivity contribution in [2.24, 2.45) is 0 Å². The van der Waals surface area contributed by atoms with E-state index in [2.05, 4.69) is 22.9 Å². The van der Waals surface area contributed by atoms with Crippen molar-refractivity contribution in [2.45, 2.75) is 32.0 Å². The van der Waals surface area contributed by atoms with E-state index >= 15 is 0 Å². The normalized spacial score (nSPS) is 38.2. The third-order valence-corrected chi connectivity index (χ3v) is 2.21. The smallest absolute Gasteiger partial charge is 0.0676 e. The van der Waals surface area contributed by atoms with Gasteiger partial charge in [-0.2, -0.15) is 0 Å². The van der Waals surface area contributed by atoms with E-state index in [1.807, 2.05) is 0 Å². The summed E-state index contributed by atoms with van der Waals surface area (Å²) in [6.45, 7) is 2.13. The van der Waals surface area contributed by atoms with Gasteiger partial charge in [0.15, 0.2) is 0 Å². The molecule has 2 heteroatoms. The van der Waals surface area contributed by atoms with Crippen molar-refractivity contribution in [1.29, 1.82) is 0 Å². The molecule has 0 bridgehead atoms. The van der Waals surface area contributed by atoms with E-state index in [9.17, 15) is 0 Å². The minimum absolute atomic E-state index is 0.491. The van der Waals surface area contributed by atoms with Gasteiger partial charge in [-0.05, 0) is 19.8 Å². The highest BCUT2D eigenvalue weighted by Gasteiger charge is 2.19. The third-order valence-electron chi connectivity index (χ3n) is 1.49. The molecule has 1 fully saturated rings. The van der Waals surface area contributed by atoms with E-state index in [-0.39, 0.29) is 0 Å². The van der Waals surface area contributed by atoms with Gasteiger partial charge in [0.05, 0.1) is 12.2 Å². The van der Waals surface area contributed by atoms with E-state index in [4.69, 9.17) is 4.74 Å². The van der Waals surface area contributed by atoms with Gasteiger partial charge >= 0.3 is 0 Å². The average Bonchev–Trinajstić information content (AvgIpc) is 2.14. The Bertz CT molecular complexity index is 74.9. The van der Waals surface area contributed by atoms with E-state index in [1.165, 1.54) is 12.8 Å². The highest BCUT2D eigenvalue weighted by atomic mass is 79.9. The molecule has 0 spiro atoms. The van der Waals surface area contributed by atoms with Crippen LogP contribution >= 0.6 is 15.9 Å². The van der Waals surface area contributed by atoms with Crippen LogP contribution in [-0.2, 0) is 4.74 Å². The van der Waals surface area contributed by atoms with Crippen molar-refractivity contribution >= 4 is 15.9 Å². The molecule has 0 aromatic carbocycles. The summed E-state index contributed by atoms with van der Waals surface area (Å²) in [6, 6.07) is 0. The lowest BCUT2D eigenvalue weighted by Crippen LogP contribution is -2.08. The SMILES string of the molecule is CC1CCC(CBr)O1. The van der Waals surface area contributed by atoms with Gasteiger partial charge in [-0.3, -0.25) is 0 Å². The molecule has 48 valence electrons. The lowest BCUT2D eigenvalue weighted by molar-refractivity contribution is 0.0706. The Morgan fingerprint density at radius 1 is 1.62 bits per heavy atom. The Balaban J connectivity index is 2.22. The Morgan fingerprint density at radius 3 is 2.62 bits per heavy atom. The minimum atomic E-state index is 0.491. The maximum absolute atomic E-state index is 5.46. The number of ether oxygens (including phenoxy) is 1. The Kier molecular flexibility index (Phi) is 2.32. The molecule has 0 aliphatic carbocycles. The summed E-state index contributed by atoms with van der Waals surface area (Å²) in [4.78, 5) is 0. The van der Waals surface area contributed by atoms with Crippen molar-refractivity contribution < 1.29 is 4.74 Å². The molecule has 0 aromatic rings. The molecule has 2 unspecified atom stereocenters. The van der Waals surface area contributed by atoms with Gasteiger partial charge in [-0.25, -0.2) is 0 Å². The first-order valence-corrected chi connectivity index (χ1v) is 4.16. The van der Waals surface area contributed by atoms with Crippen molar-refractivity contribution in [3.8, 4) is 0 Å². The lowest BCUT2D eigenvalue weighted by atomic mass is 10.2. The molecule has 0 N–H and O–H groups in total. The maximum atomic E-state index is 5.46. The van der Waals surface area contributed by atoms with Crippen LogP contribution in [0.4, 0.5) is 0 Å². The predicted molar refractivity (Wildman–Crippen MR) is 37.4 cm³/mol. The number of hydrogen-bond donors (Lipinski definition) is 0. The summed E-state index contributed by atoms with van der Waals surface area (Å²) >= 11 is 3.38. The predicted octanol–water partition coefficient (Wildman–Crippen LogP) is 1.95. The minimum Gasteiger partial charge on any atom is -0.374 e. The second-order valence-corrected chi connectivity index (χ2v) is 2.95. The molecule has 1 saturated heterocycles. The fourth-order valence-corrected chi connectivity index (χ4v) is 1.48. The average molecular weight is 179 g/mol. The van der Waals surface area contributed by atoms with Crippen LogP contribution in [0.25, 0.3) is 0 Å². The quantitative estimate of drug-likeness (QED) is 0.559. The molecule has 0 amide bonds. The van der Waals surface area contributed by atoms with Gasteiger partial charge in [0.2, 0.25) is 0 Å². The van der Waals surface area contributed by atoms with E-state index in [0.29, 0.717) is 12.2 Å². The summed E-state index contributed by atoms with van der Waals surface area (Å²) in [5.74, 6) is 0. The zero-order valence-corrected chi connectivity index (χ0v) is 6.65. The van der Waals surface area contributed by atoms with Crippen molar-refractivity contribution in [3.63, 3.8) is 0 Å². The summed E-state index contributed by atoms with van der Waals surface area (Å²) in [7, 11) is 0. The van der Waals surface area contributed by atoms with Crippen molar-refractivity contribution in [2.75, 3.05) is 5.33 Å². The van der Waals surface area contributed by atoms with Crippen LogP contribution in [0.5, 0.6) is 0 Å². The topological polar surface area (TPSA) is 9.23 Å². The maximum Gasteiger partial charge on any atom is 0.0676 e. The van der Waals surface area contributed by atoms with E-state index in [1.54, 1.807) is 0 Å². The van der Waals surface area contributed by atoms with Gasteiger partial charge in [0.1, 0.15) is 0 Å². The van der Waals surface area contributed by atoms with Gasteiger partial charge in [-0.15, -0.1) is 0 Å². The van der Waals surface area contributed by atoms with Gasteiger partial charge in [-0.1, -0.05) is 15.9 Å². The molecule has 1 rings (SSSR count). The summed E-state index contributed by atoms with van der Waals surface area (Å²) in [5, 5.41) is 0.997. The highest BCUT2D eigenvalue weighted by Crippen LogP contribution is 2.19. The van der Waals surface area contributed by atoms with Gasteiger partial charge in [0, 0.05) is 5.33 Å². The molecule has 8 heavy (non-hydrogen) atoms. The molecule has 1 nitrogen and oxygen atoms in total. The summed E-state index contributed by atoms with van der Waals surface area (Å²) < 4.78 is 5.46. The molecule has 2 atom stereocenters. The first kappa shape index (κ1) is 6.56. The Labute approximate surface area is 58.5 Å². The largest absolute Gasteiger partial charge is 0.374 e. The second kappa shape index (κ2) is 2.83. The van der Waals surface area contributed by atoms with Gasteiger partial charge in [0.25, 0.3) is 0 Å². The molecule has 1 aliphatic heterocycles. The van der Waals surface area contributed by atoms with E-state index < -0.39 is 0 Å². The standard InChI is InChI=1S/C6H11BrO/c1-5-2-3-6(4-7)8-5/h5-6H,2-4H2,1H3. The zero-order chi connectivity index (χ0) is 5.98. The van der Waals surface area contributed by atoms with Crippen LogP contribution in [0, 0.1) is 0 Å². The zero-order valence-electron chi connectivity index (χ0n) is 5.06. The first-order valence-electron chi connectivity index (χ1n) is 3.04. The number of halogens is 1. The first-order chi connectivity index (χ1) is 3.83. The second-order valence-electron chi connectivity index (χ2n) is 2.30. The van der Waals surface area contributed by atoms with Gasteiger partial charge < -0.3 is 4.74 Å². The van der Waals surface area contributed by atoms with E-state index in [0.717, 1.165) is 5.33 Å². The van der Waals surface area contributed by atoms with Crippen LogP contribution in [-0.4, -0.2) is 17.5 Å². The Hall–Kier alpha value is 0.440. The summed E-state index contributed by atoms with van der Waals surface area (Å²) in [5.41, 5.74) is 0. The van der Waals surface area contributed by atoms with Crippen LogP contribution < -0.4 is 0 Å². The summed E-state index contributed by atoms with van der Waals surface area (Å²) in [6.07, 6.45) is 3.45. The highest BCUT2D eigenvalue weighted by molar-refractivity contribution is 9.09. The fourth-order valence-electron chi connectivity index (χ4n) is 0.999. The fraction of sp³-hybridized carbons (Fsp3) is 1.00. The molecular formula is C6H11BrO. The molecule has 1 heterocycles. The van der Waals surface area contributed by atoms with Crippen LogP contribution in [0.3, 0.4) is 0 Å². The molecule has 1 aliphatic rings. The molecule has 0 radical (unpaired) electrons.